The van der Waals surface area contributed by atoms with Crippen LogP contribution < -0.4 is 5.32 Å². The number of aliphatic carboxylic acids is 1. The van der Waals surface area contributed by atoms with Gasteiger partial charge in [-0.2, -0.15) is 0 Å². The molecule has 0 aromatic carbocycles. The van der Waals surface area contributed by atoms with E-state index in [2.05, 4.69) is 22.2 Å². The van der Waals surface area contributed by atoms with E-state index in [-0.39, 0.29) is 19.1 Å². The van der Waals surface area contributed by atoms with Crippen molar-refractivity contribution in [3.63, 3.8) is 0 Å². The molecule has 0 bridgehead atoms. The molecule has 0 aliphatic rings. The molecule has 0 saturated heterocycles. The molecule has 8 nitrogen and oxygen atoms in total. The van der Waals surface area contributed by atoms with Crippen LogP contribution in [-0.2, 0) is 17.9 Å². The smallest absolute Gasteiger partial charge is 0.325 e. The first-order chi connectivity index (χ1) is 9.52. The third-order valence-corrected chi connectivity index (χ3v) is 2.55. The monoisotopic (exact) mass is 281 g/mol. The van der Waals surface area contributed by atoms with Crippen LogP contribution in [0.4, 0.5) is 4.79 Å². The normalized spacial score (nSPS) is 10.1. The number of aromatic nitrogens is 3. The van der Waals surface area contributed by atoms with Crippen molar-refractivity contribution in [3.05, 3.63) is 24.5 Å². The quantitative estimate of drug-likeness (QED) is 0.533. The van der Waals surface area contributed by atoms with E-state index in [4.69, 9.17) is 5.11 Å². The molecule has 0 aliphatic carbocycles. The summed E-state index contributed by atoms with van der Waals surface area (Å²) in [6, 6.07) is -0.207. The zero-order chi connectivity index (χ0) is 15.0. The van der Waals surface area contributed by atoms with E-state index in [0.29, 0.717) is 12.2 Å². The first-order valence-electron chi connectivity index (χ1n) is 6.23. The van der Waals surface area contributed by atoms with E-state index in [1.807, 2.05) is 6.08 Å². The summed E-state index contributed by atoms with van der Waals surface area (Å²) in [6.07, 6.45) is 5.03. The van der Waals surface area contributed by atoms with E-state index < -0.39 is 5.97 Å². The largest absolute Gasteiger partial charge is 0.480 e. The highest BCUT2D eigenvalue weighted by Crippen LogP contribution is 1.96. The number of urea groups is 1. The minimum Gasteiger partial charge on any atom is -0.480 e. The number of carbonyl (C=O) groups excluding carboxylic acids is 1. The maximum Gasteiger partial charge on any atom is 0.325 e. The molecule has 0 saturated carbocycles. The Labute approximate surface area is 117 Å². The van der Waals surface area contributed by atoms with Gasteiger partial charge in [-0.1, -0.05) is 11.3 Å². The van der Waals surface area contributed by atoms with Gasteiger partial charge in [0.2, 0.25) is 0 Å². The molecule has 1 aromatic rings. The summed E-state index contributed by atoms with van der Waals surface area (Å²) in [5.41, 5.74) is 0.513. The summed E-state index contributed by atoms with van der Waals surface area (Å²) >= 11 is 0. The van der Waals surface area contributed by atoms with Gasteiger partial charge in [0.15, 0.2) is 0 Å². The molecule has 1 rings (SSSR count). The number of amides is 2. The summed E-state index contributed by atoms with van der Waals surface area (Å²) in [5.74, 6) is -0.993. The molecule has 20 heavy (non-hydrogen) atoms. The zero-order valence-electron chi connectivity index (χ0n) is 11.4. The Morgan fingerprint density at radius 1 is 1.60 bits per heavy atom. The third kappa shape index (κ3) is 5.51. The third-order valence-electron chi connectivity index (χ3n) is 2.55. The number of unbranched alkanes of at least 4 members (excludes halogenated alkanes) is 1. The van der Waals surface area contributed by atoms with Gasteiger partial charge < -0.3 is 15.3 Å². The van der Waals surface area contributed by atoms with Crippen molar-refractivity contribution >= 4 is 12.0 Å². The Hall–Kier alpha value is -2.38. The van der Waals surface area contributed by atoms with Crippen LogP contribution in [0.25, 0.3) is 0 Å². The van der Waals surface area contributed by atoms with Crippen LogP contribution in [0.2, 0.25) is 0 Å². The number of carboxylic acids is 1. The lowest BCUT2D eigenvalue weighted by Crippen LogP contribution is -2.37. The van der Waals surface area contributed by atoms with Gasteiger partial charge in [-0.25, -0.2) is 9.48 Å². The Bertz CT molecular complexity index is 471. The topological polar surface area (TPSA) is 100 Å². The molecule has 2 amide bonds. The zero-order valence-corrected chi connectivity index (χ0v) is 11.4. The Kier molecular flexibility index (Phi) is 6.21. The molecule has 0 spiro atoms. The van der Waals surface area contributed by atoms with Crippen molar-refractivity contribution in [3.8, 4) is 0 Å². The summed E-state index contributed by atoms with van der Waals surface area (Å²) in [6.45, 7) is 4.23. The van der Waals surface area contributed by atoms with Gasteiger partial charge in [0.1, 0.15) is 12.2 Å². The van der Waals surface area contributed by atoms with Crippen LogP contribution >= 0.6 is 0 Å². The summed E-state index contributed by atoms with van der Waals surface area (Å²) in [5, 5.41) is 18.7. The minimum atomic E-state index is -0.993. The number of hydrogen-bond acceptors (Lipinski definition) is 4. The first-order valence-corrected chi connectivity index (χ1v) is 6.23. The van der Waals surface area contributed by atoms with Crippen LogP contribution in [0.15, 0.2) is 18.9 Å². The van der Waals surface area contributed by atoms with Gasteiger partial charge in [-0.05, 0) is 12.8 Å². The molecule has 1 heterocycles. The molecule has 110 valence electrons. The van der Waals surface area contributed by atoms with Gasteiger partial charge in [0.05, 0.1) is 12.7 Å². The molecule has 2 N–H and O–H groups in total. The van der Waals surface area contributed by atoms with Crippen LogP contribution in [0.5, 0.6) is 0 Å². The second-order valence-electron chi connectivity index (χ2n) is 4.31. The van der Waals surface area contributed by atoms with Crippen molar-refractivity contribution in [2.24, 2.45) is 0 Å². The number of nitrogens with zero attached hydrogens (tertiary/aromatic N) is 4. The first kappa shape index (κ1) is 15.7. The van der Waals surface area contributed by atoms with E-state index in [9.17, 15) is 9.59 Å². The highest BCUT2D eigenvalue weighted by Gasteiger charge is 2.09. The fourth-order valence-electron chi connectivity index (χ4n) is 1.51. The molecular formula is C12H19N5O3. The number of carboxylic acid groups (broad SMARTS) is 1. The second kappa shape index (κ2) is 7.93. The molecule has 0 unspecified atom stereocenters. The van der Waals surface area contributed by atoms with Crippen LogP contribution in [-0.4, -0.2) is 50.6 Å². The van der Waals surface area contributed by atoms with Crippen molar-refractivity contribution in [1.82, 2.24) is 25.2 Å². The highest BCUT2D eigenvalue weighted by molar-refractivity contribution is 5.73. The number of hydrogen-bond donors (Lipinski definition) is 2. The fourth-order valence-corrected chi connectivity index (χ4v) is 1.51. The minimum absolute atomic E-state index is 0.207. The molecule has 0 fully saturated rings. The lowest BCUT2D eigenvalue weighted by atomic mass is 10.3. The lowest BCUT2D eigenvalue weighted by molar-refractivity contribution is -0.137. The van der Waals surface area contributed by atoms with E-state index in [1.54, 1.807) is 11.9 Å². The SMILES string of the molecule is C=CCCCN(C)C(=O)NCc1cn(CC(=O)O)nn1. The Balaban J connectivity index is 2.34. The molecule has 8 heteroatoms. The van der Waals surface area contributed by atoms with Crippen molar-refractivity contribution in [1.29, 1.82) is 0 Å². The molecule has 0 aliphatic heterocycles. The Morgan fingerprint density at radius 2 is 2.35 bits per heavy atom. The van der Waals surface area contributed by atoms with E-state index in [0.717, 1.165) is 12.8 Å². The number of nitrogens with one attached hydrogen (secondary N) is 1. The van der Waals surface area contributed by atoms with Gasteiger partial charge in [0.25, 0.3) is 0 Å². The average Bonchev–Trinajstić information content (AvgIpc) is 2.82. The van der Waals surface area contributed by atoms with Gasteiger partial charge in [-0.15, -0.1) is 11.7 Å². The van der Waals surface area contributed by atoms with Gasteiger partial charge in [0, 0.05) is 13.6 Å². The van der Waals surface area contributed by atoms with Crippen molar-refractivity contribution in [2.75, 3.05) is 13.6 Å². The summed E-state index contributed by atoms with van der Waals surface area (Å²) in [7, 11) is 1.71. The predicted octanol–water partition coefficient (Wildman–Crippen LogP) is 0.470. The van der Waals surface area contributed by atoms with Crippen LogP contribution in [0, 0.1) is 0 Å². The standard InChI is InChI=1S/C12H19N5O3/c1-3-4-5-6-16(2)12(20)13-7-10-8-17(15-14-10)9-11(18)19/h3,8H,1,4-7,9H2,2H3,(H,13,20)(H,18,19). The molecule has 0 atom stereocenters. The predicted molar refractivity (Wildman–Crippen MR) is 72.0 cm³/mol. The number of carbonyl (C=O) groups is 2. The van der Waals surface area contributed by atoms with Crippen molar-refractivity contribution < 1.29 is 14.7 Å². The molecular weight excluding hydrogens is 262 g/mol. The van der Waals surface area contributed by atoms with Gasteiger partial charge in [-0.3, -0.25) is 4.79 Å². The van der Waals surface area contributed by atoms with Crippen LogP contribution in [0.3, 0.4) is 0 Å². The lowest BCUT2D eigenvalue weighted by Gasteiger charge is -2.16. The average molecular weight is 281 g/mol. The van der Waals surface area contributed by atoms with Crippen molar-refractivity contribution in [2.45, 2.75) is 25.9 Å². The summed E-state index contributed by atoms with van der Waals surface area (Å²) < 4.78 is 1.21. The highest BCUT2D eigenvalue weighted by atomic mass is 16.4. The Morgan fingerprint density at radius 3 is 3.00 bits per heavy atom. The molecule has 0 radical (unpaired) electrons. The van der Waals surface area contributed by atoms with Gasteiger partial charge >= 0.3 is 12.0 Å². The number of rotatable bonds is 8. The number of allylic oxidation sites excluding steroid dienone is 1. The summed E-state index contributed by atoms with van der Waals surface area (Å²) in [4.78, 5) is 23.8. The maximum atomic E-state index is 11.7. The van der Waals surface area contributed by atoms with E-state index >= 15 is 0 Å². The second-order valence-corrected chi connectivity index (χ2v) is 4.31. The maximum absolute atomic E-state index is 11.7. The van der Waals surface area contributed by atoms with Crippen LogP contribution in [0.1, 0.15) is 18.5 Å². The molecule has 1 aromatic heterocycles. The fraction of sp³-hybridized carbons (Fsp3) is 0.500. The van der Waals surface area contributed by atoms with E-state index in [1.165, 1.54) is 10.9 Å².